The van der Waals surface area contributed by atoms with Gasteiger partial charge in [-0.3, -0.25) is 14.6 Å². The van der Waals surface area contributed by atoms with Crippen LogP contribution in [0.25, 0.3) is 11.3 Å². The molecule has 2 atom stereocenters. The van der Waals surface area contributed by atoms with Crippen LogP contribution in [0.4, 0.5) is 22.1 Å². The Morgan fingerprint density at radius 1 is 1.00 bits per heavy atom. The van der Waals surface area contributed by atoms with Gasteiger partial charge in [0.15, 0.2) is 0 Å². The quantitative estimate of drug-likeness (QED) is 0.162. The summed E-state index contributed by atoms with van der Waals surface area (Å²) >= 11 is 0. The van der Waals surface area contributed by atoms with E-state index in [1.54, 1.807) is 56.4 Å². The second-order valence-corrected chi connectivity index (χ2v) is 12.3. The maximum atomic E-state index is 13.2. The summed E-state index contributed by atoms with van der Waals surface area (Å²) in [6.07, 6.45) is 4.41. The van der Waals surface area contributed by atoms with E-state index in [1.807, 2.05) is 55.5 Å². The Hall–Kier alpha value is -5.32. The topological polar surface area (TPSA) is 136 Å². The van der Waals surface area contributed by atoms with Crippen molar-refractivity contribution in [2.45, 2.75) is 53.2 Å². The number of likely N-dealkylation sites (tertiary alicyclic amines) is 1. The molecule has 11 nitrogen and oxygen atoms in total. The molecule has 2 aromatic carbocycles. The lowest BCUT2D eigenvalue weighted by atomic mass is 9.97. The fourth-order valence-corrected chi connectivity index (χ4v) is 4.92. The molecule has 46 heavy (non-hydrogen) atoms. The number of carbonyl (C=O) groups is 3. The van der Waals surface area contributed by atoms with E-state index in [2.05, 4.69) is 25.6 Å². The van der Waals surface area contributed by atoms with Crippen LogP contribution in [0.1, 0.15) is 61.5 Å². The van der Waals surface area contributed by atoms with E-state index in [1.165, 1.54) is 6.92 Å². The number of ether oxygens (including phenoxy) is 2. The van der Waals surface area contributed by atoms with Crippen LogP contribution in [-0.4, -0.2) is 57.2 Å². The van der Waals surface area contributed by atoms with Crippen LogP contribution < -0.4 is 10.6 Å². The summed E-state index contributed by atoms with van der Waals surface area (Å²) in [4.78, 5) is 52.6. The molecule has 3 heterocycles. The van der Waals surface area contributed by atoms with Gasteiger partial charge in [0.25, 0.3) is 5.91 Å². The molecule has 11 heteroatoms. The highest BCUT2D eigenvalue weighted by Gasteiger charge is 2.31. The van der Waals surface area contributed by atoms with Crippen LogP contribution in [0.15, 0.2) is 79.3 Å². The van der Waals surface area contributed by atoms with Crippen LogP contribution in [0.5, 0.6) is 0 Å². The Labute approximate surface area is 268 Å². The first-order valence-corrected chi connectivity index (χ1v) is 15.2. The van der Waals surface area contributed by atoms with Crippen LogP contribution in [0, 0.1) is 12.3 Å². The molecule has 238 valence electrons. The number of benzene rings is 2. The van der Waals surface area contributed by atoms with Gasteiger partial charge in [-0.05, 0) is 87.7 Å². The predicted octanol–water partition coefficient (Wildman–Crippen LogP) is 6.70. The zero-order chi connectivity index (χ0) is 32.8. The summed E-state index contributed by atoms with van der Waals surface area (Å²) in [6, 6.07) is 18.6. The first-order chi connectivity index (χ1) is 22.0. The molecule has 2 amide bonds. The van der Waals surface area contributed by atoms with E-state index < -0.39 is 23.8 Å². The van der Waals surface area contributed by atoms with Gasteiger partial charge in [0.2, 0.25) is 12.2 Å². The number of amides is 2. The summed E-state index contributed by atoms with van der Waals surface area (Å²) in [7, 11) is 0. The Balaban J connectivity index is 1.16. The van der Waals surface area contributed by atoms with Crippen LogP contribution >= 0.6 is 0 Å². The highest BCUT2D eigenvalue weighted by Crippen LogP contribution is 2.29. The monoisotopic (exact) mass is 622 g/mol. The zero-order valence-electron chi connectivity index (χ0n) is 26.6. The Morgan fingerprint density at radius 2 is 1.78 bits per heavy atom. The predicted molar refractivity (Wildman–Crippen MR) is 175 cm³/mol. The van der Waals surface area contributed by atoms with Crippen molar-refractivity contribution in [1.29, 1.82) is 0 Å². The van der Waals surface area contributed by atoms with Crippen molar-refractivity contribution in [2.24, 2.45) is 5.41 Å². The van der Waals surface area contributed by atoms with Gasteiger partial charge in [0.05, 0.1) is 11.1 Å². The van der Waals surface area contributed by atoms with Crippen molar-refractivity contribution in [3.05, 3.63) is 95.9 Å². The highest BCUT2D eigenvalue weighted by atomic mass is 16.7. The number of esters is 1. The molecule has 0 spiro atoms. The molecule has 5 rings (SSSR count). The van der Waals surface area contributed by atoms with Crippen LogP contribution in [-0.2, 0) is 14.3 Å². The normalized spacial score (nSPS) is 15.2. The Kier molecular flexibility index (Phi) is 9.60. The number of aromatic nitrogens is 3. The van der Waals surface area contributed by atoms with Crippen molar-refractivity contribution in [1.82, 2.24) is 19.9 Å². The number of hydrogen-bond donors (Lipinski definition) is 2. The summed E-state index contributed by atoms with van der Waals surface area (Å²) in [6.45, 7) is 9.72. The number of rotatable bonds is 8. The van der Waals surface area contributed by atoms with Crippen LogP contribution in [0.2, 0.25) is 0 Å². The van der Waals surface area contributed by atoms with E-state index in [-0.39, 0.29) is 11.8 Å². The maximum Gasteiger partial charge on any atom is 0.412 e. The maximum absolute atomic E-state index is 13.2. The summed E-state index contributed by atoms with van der Waals surface area (Å²) in [5.41, 5.74) is 4.77. The summed E-state index contributed by atoms with van der Waals surface area (Å²) in [5.74, 6) is -0.155. The fourth-order valence-electron chi connectivity index (χ4n) is 4.92. The number of hydrogen-bond acceptors (Lipinski definition) is 9. The first-order valence-electron chi connectivity index (χ1n) is 15.2. The smallest absolute Gasteiger partial charge is 0.412 e. The third kappa shape index (κ3) is 8.03. The van der Waals surface area contributed by atoms with E-state index >= 15 is 0 Å². The molecule has 1 aliphatic rings. The lowest BCUT2D eigenvalue weighted by Gasteiger charge is -2.23. The second-order valence-electron chi connectivity index (χ2n) is 12.3. The average Bonchev–Trinajstić information content (AvgIpc) is 3.53. The molecular weight excluding hydrogens is 584 g/mol. The number of carbonyl (C=O) groups excluding carboxylic acids is 3. The molecule has 0 bridgehead atoms. The number of anilines is 3. The summed E-state index contributed by atoms with van der Waals surface area (Å²) in [5, 5.41) is 6.20. The van der Waals surface area contributed by atoms with E-state index in [4.69, 9.17) is 9.47 Å². The molecule has 4 aromatic rings. The third-order valence-corrected chi connectivity index (χ3v) is 7.60. The molecule has 1 fully saturated rings. The van der Waals surface area contributed by atoms with Crippen LogP contribution in [0.3, 0.4) is 0 Å². The third-order valence-electron chi connectivity index (χ3n) is 7.60. The van der Waals surface area contributed by atoms with Gasteiger partial charge < -0.3 is 25.0 Å². The largest absolute Gasteiger partial charge is 0.425 e. The molecule has 2 unspecified atom stereocenters. The zero-order valence-corrected chi connectivity index (χ0v) is 26.6. The van der Waals surface area contributed by atoms with Crippen molar-refractivity contribution < 1.29 is 23.9 Å². The molecule has 1 saturated heterocycles. The van der Waals surface area contributed by atoms with Crippen molar-refractivity contribution in [3.8, 4) is 11.3 Å². The minimum atomic E-state index is -0.974. The van der Waals surface area contributed by atoms with Gasteiger partial charge in [0.1, 0.15) is 0 Å². The standard InChI is InChI=1S/C35H38N6O5/c1-22-8-9-25(19-30(22)40-33-37-17-14-29(39-33)26-7-6-16-36-20-26)31(42)38-28-12-10-24(11-13-28)27-15-18-41(21-27)34(44)46-23(2)45-32(43)35(3,4)5/h6-14,16-17,19-20,23,27H,15,18,21H2,1-5H3,(H,38,42)(H,37,39,40). The molecule has 0 radical (unpaired) electrons. The van der Waals surface area contributed by atoms with E-state index in [9.17, 15) is 14.4 Å². The van der Waals surface area contributed by atoms with E-state index in [0.29, 0.717) is 30.3 Å². The van der Waals surface area contributed by atoms with E-state index in [0.717, 1.165) is 34.5 Å². The molecule has 1 aliphatic heterocycles. The van der Waals surface area contributed by atoms with Crippen molar-refractivity contribution in [3.63, 3.8) is 0 Å². The molecule has 0 saturated carbocycles. The minimum Gasteiger partial charge on any atom is -0.425 e. The number of nitrogens with one attached hydrogen (secondary N) is 2. The van der Waals surface area contributed by atoms with Gasteiger partial charge in [0, 0.05) is 67.0 Å². The molecule has 2 aromatic heterocycles. The van der Waals surface area contributed by atoms with Crippen molar-refractivity contribution >= 4 is 35.3 Å². The number of aryl methyl sites for hydroxylation is 1. The van der Waals surface area contributed by atoms with Gasteiger partial charge in [-0.15, -0.1) is 0 Å². The lowest BCUT2D eigenvalue weighted by molar-refractivity contribution is -0.175. The molecule has 2 N–H and O–H groups in total. The van der Waals surface area contributed by atoms with Crippen molar-refractivity contribution in [2.75, 3.05) is 23.7 Å². The highest BCUT2D eigenvalue weighted by molar-refractivity contribution is 6.05. The molecule has 0 aliphatic carbocycles. The average molecular weight is 623 g/mol. The SMILES string of the molecule is Cc1ccc(C(=O)Nc2ccc(C3CCN(C(=O)OC(C)OC(=O)C(C)(C)C)C3)cc2)cc1Nc1nccc(-c2cccnc2)n1. The fraction of sp³-hybridized carbons (Fsp3) is 0.314. The first kappa shape index (κ1) is 32.1. The number of pyridine rings is 1. The van der Waals surface area contributed by atoms with Gasteiger partial charge in [-0.1, -0.05) is 18.2 Å². The Morgan fingerprint density at radius 3 is 2.50 bits per heavy atom. The van der Waals surface area contributed by atoms with Gasteiger partial charge >= 0.3 is 12.1 Å². The number of nitrogens with zero attached hydrogens (tertiary/aromatic N) is 4. The second kappa shape index (κ2) is 13.8. The minimum absolute atomic E-state index is 0.120. The van der Waals surface area contributed by atoms with Gasteiger partial charge in [-0.2, -0.15) is 0 Å². The summed E-state index contributed by atoms with van der Waals surface area (Å²) < 4.78 is 10.6. The Bertz CT molecular complexity index is 1710. The lowest BCUT2D eigenvalue weighted by Crippen LogP contribution is -2.35. The van der Waals surface area contributed by atoms with Gasteiger partial charge in [-0.25, -0.2) is 14.8 Å². The molecular formula is C35H38N6O5.